The molecule has 1 heterocycles. The van der Waals surface area contributed by atoms with Crippen LogP contribution in [0, 0.1) is 0 Å². The van der Waals surface area contributed by atoms with Gasteiger partial charge in [0.25, 0.3) is 5.91 Å². The second kappa shape index (κ2) is 6.80. The Bertz CT molecular complexity index is 814. The van der Waals surface area contributed by atoms with Crippen LogP contribution in [-0.4, -0.2) is 25.5 Å². The Morgan fingerprint density at radius 2 is 1.92 bits per heavy atom. The Hall–Kier alpha value is -2.73. The van der Waals surface area contributed by atoms with Crippen LogP contribution in [0.2, 0.25) is 0 Å². The number of aliphatic carboxylic acids is 1. The van der Waals surface area contributed by atoms with E-state index in [4.69, 9.17) is 4.74 Å². The van der Waals surface area contributed by atoms with Crippen LogP contribution in [0.15, 0.2) is 58.3 Å². The van der Waals surface area contributed by atoms with Crippen LogP contribution in [0.5, 0.6) is 5.75 Å². The van der Waals surface area contributed by atoms with Crippen molar-refractivity contribution in [3.05, 3.63) is 59.0 Å². The molecule has 1 amide bonds. The maximum Gasteiger partial charge on any atom is 0.265 e. The third kappa shape index (κ3) is 3.28. The molecule has 0 saturated heterocycles. The second-order valence-corrected chi connectivity index (χ2v) is 6.20. The number of carbonyl (C=O) groups excluding carboxylic acids is 2. The first-order valence-electron chi connectivity index (χ1n) is 7.23. The van der Waals surface area contributed by atoms with Crippen LogP contribution in [0.1, 0.15) is 5.56 Å². The van der Waals surface area contributed by atoms with E-state index in [-0.39, 0.29) is 5.91 Å². The minimum absolute atomic E-state index is 0.348. The predicted molar refractivity (Wildman–Crippen MR) is 90.6 cm³/mol. The van der Waals surface area contributed by atoms with E-state index in [1.54, 1.807) is 37.5 Å². The van der Waals surface area contributed by atoms with Crippen LogP contribution in [0.3, 0.4) is 0 Å². The first kappa shape index (κ1) is 16.1. The van der Waals surface area contributed by atoms with E-state index in [0.717, 1.165) is 16.2 Å². The molecule has 0 bridgehead atoms. The third-order valence-corrected chi connectivity index (χ3v) is 4.61. The largest absolute Gasteiger partial charge is 0.548 e. The molecular formula is C18H14NO4S-. The van der Waals surface area contributed by atoms with Gasteiger partial charge in [0.2, 0.25) is 0 Å². The highest BCUT2D eigenvalue weighted by atomic mass is 32.2. The predicted octanol–water partition coefficient (Wildman–Crippen LogP) is 1.92. The molecule has 0 atom stereocenters. The van der Waals surface area contributed by atoms with Crippen LogP contribution >= 0.6 is 11.8 Å². The lowest BCUT2D eigenvalue weighted by atomic mass is 10.2. The summed E-state index contributed by atoms with van der Waals surface area (Å²) in [5.74, 6) is -0.920. The number of carbonyl (C=O) groups is 2. The molecule has 2 aromatic carbocycles. The summed E-state index contributed by atoms with van der Waals surface area (Å²) < 4.78 is 5.11. The summed E-state index contributed by atoms with van der Waals surface area (Å²) in [5, 5.41) is 11.0. The Morgan fingerprint density at radius 1 is 1.21 bits per heavy atom. The minimum atomic E-state index is -1.30. The number of benzene rings is 2. The topological polar surface area (TPSA) is 69.7 Å². The third-order valence-electron chi connectivity index (χ3n) is 3.53. The maximum atomic E-state index is 12.7. The van der Waals surface area contributed by atoms with Gasteiger partial charge >= 0.3 is 0 Å². The molecule has 0 unspecified atom stereocenters. The normalized spacial score (nSPS) is 15.3. The number of ether oxygens (including phenoxy) is 1. The molecule has 0 fully saturated rings. The number of methoxy groups -OCH3 is 1. The fourth-order valence-electron chi connectivity index (χ4n) is 2.40. The average molecular weight is 340 g/mol. The van der Waals surface area contributed by atoms with Gasteiger partial charge in [-0.05, 0) is 35.9 Å². The van der Waals surface area contributed by atoms with Gasteiger partial charge in [0.1, 0.15) is 5.75 Å². The van der Waals surface area contributed by atoms with Crippen LogP contribution < -0.4 is 14.7 Å². The highest BCUT2D eigenvalue weighted by Crippen LogP contribution is 2.41. The van der Waals surface area contributed by atoms with Gasteiger partial charge in [0.15, 0.2) is 0 Å². The molecule has 5 nitrogen and oxygen atoms in total. The van der Waals surface area contributed by atoms with E-state index < -0.39 is 12.5 Å². The van der Waals surface area contributed by atoms with E-state index in [2.05, 4.69) is 0 Å². The first-order chi connectivity index (χ1) is 11.6. The quantitative estimate of drug-likeness (QED) is 0.796. The van der Waals surface area contributed by atoms with E-state index in [9.17, 15) is 14.7 Å². The zero-order valence-electron chi connectivity index (χ0n) is 12.9. The van der Waals surface area contributed by atoms with Gasteiger partial charge in [-0.25, -0.2) is 0 Å². The molecule has 0 aliphatic carbocycles. The molecule has 1 aliphatic heterocycles. The second-order valence-electron chi connectivity index (χ2n) is 5.11. The number of fused-ring (bicyclic) bond motifs is 1. The zero-order valence-corrected chi connectivity index (χ0v) is 13.7. The van der Waals surface area contributed by atoms with Gasteiger partial charge in [0, 0.05) is 4.90 Å². The summed E-state index contributed by atoms with van der Waals surface area (Å²) >= 11 is 1.33. The highest BCUT2D eigenvalue weighted by molar-refractivity contribution is 8.04. The first-order valence-corrected chi connectivity index (χ1v) is 8.04. The van der Waals surface area contributed by atoms with Crippen molar-refractivity contribution in [3.63, 3.8) is 0 Å². The Balaban J connectivity index is 1.98. The lowest BCUT2D eigenvalue weighted by Crippen LogP contribution is -2.43. The number of nitrogens with zero attached hydrogens (tertiary/aromatic N) is 1. The Labute approximate surface area is 143 Å². The molecule has 0 aromatic heterocycles. The SMILES string of the molecule is COc1ccc(C=C2Sc3ccccc3N(CC(=O)[O-])C2=O)cc1. The van der Waals surface area contributed by atoms with Crippen molar-refractivity contribution < 1.29 is 19.4 Å². The van der Waals surface area contributed by atoms with Crippen LogP contribution in [-0.2, 0) is 9.59 Å². The molecule has 24 heavy (non-hydrogen) atoms. The number of carboxylic acids is 1. The molecule has 6 heteroatoms. The molecule has 0 N–H and O–H groups in total. The monoisotopic (exact) mass is 340 g/mol. The summed E-state index contributed by atoms with van der Waals surface area (Å²) in [6.45, 7) is -0.476. The van der Waals surface area contributed by atoms with E-state index >= 15 is 0 Å². The molecule has 0 radical (unpaired) electrons. The summed E-state index contributed by atoms with van der Waals surface area (Å²) in [6.07, 6.45) is 1.74. The van der Waals surface area contributed by atoms with Crippen molar-refractivity contribution in [2.24, 2.45) is 0 Å². The summed E-state index contributed by atoms with van der Waals surface area (Å²) in [5.41, 5.74) is 1.42. The lowest BCUT2D eigenvalue weighted by Gasteiger charge is -2.30. The van der Waals surface area contributed by atoms with E-state index in [1.807, 2.05) is 24.3 Å². The molecule has 2 aromatic rings. The molecular weight excluding hydrogens is 326 g/mol. The maximum absolute atomic E-state index is 12.7. The number of carboxylic acid groups (broad SMARTS) is 1. The van der Waals surface area contributed by atoms with Crippen molar-refractivity contribution in [1.82, 2.24) is 0 Å². The van der Waals surface area contributed by atoms with Crippen molar-refractivity contribution in [1.29, 1.82) is 0 Å². The van der Waals surface area contributed by atoms with Gasteiger partial charge in [-0.3, -0.25) is 4.79 Å². The molecule has 3 rings (SSSR count). The average Bonchev–Trinajstić information content (AvgIpc) is 2.59. The van der Waals surface area contributed by atoms with Crippen molar-refractivity contribution in [2.75, 3.05) is 18.6 Å². The summed E-state index contributed by atoms with van der Waals surface area (Å²) in [6, 6.07) is 14.5. The fraction of sp³-hybridized carbons (Fsp3) is 0.111. The standard InChI is InChI=1S/C18H15NO4S/c1-23-13-8-6-12(7-9-13)10-16-18(22)19(11-17(20)21)14-4-2-3-5-15(14)24-16/h2-10H,11H2,1H3,(H,20,21)/p-1. The Morgan fingerprint density at radius 3 is 2.58 bits per heavy atom. The Kier molecular flexibility index (Phi) is 4.57. The van der Waals surface area contributed by atoms with E-state index in [0.29, 0.717) is 10.6 Å². The van der Waals surface area contributed by atoms with Crippen molar-refractivity contribution in [2.45, 2.75) is 4.90 Å². The number of hydrogen-bond donors (Lipinski definition) is 0. The van der Waals surface area contributed by atoms with Gasteiger partial charge < -0.3 is 19.5 Å². The lowest BCUT2D eigenvalue weighted by molar-refractivity contribution is -0.303. The summed E-state index contributed by atoms with van der Waals surface area (Å²) in [7, 11) is 1.59. The minimum Gasteiger partial charge on any atom is -0.548 e. The molecule has 0 saturated carbocycles. The number of anilines is 1. The highest BCUT2D eigenvalue weighted by Gasteiger charge is 2.28. The van der Waals surface area contributed by atoms with Crippen molar-refractivity contribution >= 4 is 35.4 Å². The molecule has 1 aliphatic rings. The van der Waals surface area contributed by atoms with Gasteiger partial charge in [0.05, 0.1) is 30.2 Å². The van der Waals surface area contributed by atoms with Crippen LogP contribution in [0.4, 0.5) is 5.69 Å². The van der Waals surface area contributed by atoms with Crippen LogP contribution in [0.25, 0.3) is 6.08 Å². The number of hydrogen-bond acceptors (Lipinski definition) is 5. The smallest absolute Gasteiger partial charge is 0.265 e. The molecule has 0 spiro atoms. The van der Waals surface area contributed by atoms with Crippen molar-refractivity contribution in [3.8, 4) is 5.75 Å². The number of thioether (sulfide) groups is 1. The summed E-state index contributed by atoms with van der Waals surface area (Å²) in [4.78, 5) is 26.2. The van der Waals surface area contributed by atoms with Gasteiger partial charge in [-0.15, -0.1) is 0 Å². The van der Waals surface area contributed by atoms with Gasteiger partial charge in [-0.2, -0.15) is 0 Å². The molecule has 122 valence electrons. The fourth-order valence-corrected chi connectivity index (χ4v) is 3.46. The number of amides is 1. The van der Waals surface area contributed by atoms with E-state index in [1.165, 1.54) is 16.7 Å². The number of para-hydroxylation sites is 1. The number of rotatable bonds is 4. The van der Waals surface area contributed by atoms with Gasteiger partial charge in [-0.1, -0.05) is 36.0 Å². The zero-order chi connectivity index (χ0) is 17.1.